The Morgan fingerprint density at radius 2 is 2.24 bits per heavy atom. The van der Waals surface area contributed by atoms with E-state index >= 15 is 0 Å². The van der Waals surface area contributed by atoms with Gasteiger partial charge in [-0.15, -0.1) is 0 Å². The molecule has 1 aromatic carbocycles. The normalized spacial score (nSPS) is 23.6. The lowest BCUT2D eigenvalue weighted by atomic mass is 10.1. The summed E-state index contributed by atoms with van der Waals surface area (Å²) >= 11 is 0. The number of nitrogens with one attached hydrogen (secondary N) is 1. The number of anilines is 1. The van der Waals surface area contributed by atoms with E-state index in [2.05, 4.69) is 12.2 Å². The Labute approximate surface area is 100 Å². The van der Waals surface area contributed by atoms with Gasteiger partial charge in [-0.2, -0.15) is 0 Å². The molecule has 1 aliphatic rings. The maximum Gasteiger partial charge on any atom is 0.253 e. The van der Waals surface area contributed by atoms with E-state index in [0.29, 0.717) is 11.5 Å². The van der Waals surface area contributed by atoms with Crippen molar-refractivity contribution in [1.82, 2.24) is 5.32 Å². The molecule has 0 heterocycles. The Kier molecular flexibility index (Phi) is 3.31. The maximum atomic E-state index is 12.9. The zero-order valence-corrected chi connectivity index (χ0v) is 9.87. The van der Waals surface area contributed by atoms with Gasteiger partial charge >= 0.3 is 0 Å². The van der Waals surface area contributed by atoms with Crippen LogP contribution in [0, 0.1) is 11.7 Å². The fraction of sp³-hybridized carbons (Fsp3) is 0.462. The molecule has 4 heteroatoms. The molecule has 0 aromatic heterocycles. The first-order valence-electron chi connectivity index (χ1n) is 5.92. The molecule has 2 rings (SSSR count). The molecule has 1 saturated carbocycles. The Bertz CT molecular complexity index is 433. The van der Waals surface area contributed by atoms with Crippen molar-refractivity contribution in [3.8, 4) is 0 Å². The number of carbonyl (C=O) groups excluding carboxylic acids is 1. The number of hydrogen-bond acceptors (Lipinski definition) is 2. The van der Waals surface area contributed by atoms with Crippen LogP contribution in [0.25, 0.3) is 0 Å². The Balaban J connectivity index is 2.04. The molecule has 2 atom stereocenters. The van der Waals surface area contributed by atoms with Crippen LogP contribution in [0.5, 0.6) is 0 Å². The lowest BCUT2D eigenvalue weighted by Crippen LogP contribution is -2.33. The molecule has 0 spiro atoms. The van der Waals surface area contributed by atoms with Crippen LogP contribution in [0.3, 0.4) is 0 Å². The van der Waals surface area contributed by atoms with Gasteiger partial charge < -0.3 is 11.1 Å². The van der Waals surface area contributed by atoms with Crippen LogP contribution in [0.4, 0.5) is 10.1 Å². The number of rotatable bonds is 2. The largest absolute Gasteiger partial charge is 0.398 e. The van der Waals surface area contributed by atoms with E-state index in [1.54, 1.807) is 0 Å². The van der Waals surface area contributed by atoms with Gasteiger partial charge in [0.1, 0.15) is 5.82 Å². The SMILES string of the molecule is CC1CCC(NC(=O)c2ccc(F)cc2N)C1. The van der Waals surface area contributed by atoms with E-state index < -0.39 is 5.82 Å². The van der Waals surface area contributed by atoms with E-state index in [4.69, 9.17) is 5.73 Å². The number of amides is 1. The summed E-state index contributed by atoms with van der Waals surface area (Å²) in [7, 11) is 0. The minimum Gasteiger partial charge on any atom is -0.398 e. The summed E-state index contributed by atoms with van der Waals surface area (Å²) in [6.07, 6.45) is 3.16. The van der Waals surface area contributed by atoms with Crippen LogP contribution < -0.4 is 11.1 Å². The molecule has 2 unspecified atom stereocenters. The Morgan fingerprint density at radius 3 is 2.82 bits per heavy atom. The number of carbonyl (C=O) groups is 1. The van der Waals surface area contributed by atoms with E-state index in [9.17, 15) is 9.18 Å². The predicted octanol–water partition coefficient (Wildman–Crippen LogP) is 2.33. The average Bonchev–Trinajstić information content (AvgIpc) is 2.63. The maximum absolute atomic E-state index is 12.9. The first kappa shape index (κ1) is 11.9. The summed E-state index contributed by atoms with van der Waals surface area (Å²) in [5.41, 5.74) is 6.16. The average molecular weight is 236 g/mol. The summed E-state index contributed by atoms with van der Waals surface area (Å²) in [4.78, 5) is 11.9. The molecule has 0 aliphatic heterocycles. The molecular formula is C13H17FN2O. The highest BCUT2D eigenvalue weighted by Gasteiger charge is 2.23. The van der Waals surface area contributed by atoms with Gasteiger partial charge in [-0.05, 0) is 43.4 Å². The molecule has 3 N–H and O–H groups in total. The molecule has 1 aliphatic carbocycles. The minimum atomic E-state index is -0.423. The predicted molar refractivity (Wildman–Crippen MR) is 65.1 cm³/mol. The highest BCUT2D eigenvalue weighted by molar-refractivity contribution is 5.99. The molecule has 0 radical (unpaired) electrons. The van der Waals surface area contributed by atoms with Crippen LogP contribution in [0.15, 0.2) is 18.2 Å². The van der Waals surface area contributed by atoms with Gasteiger partial charge in [0, 0.05) is 11.7 Å². The van der Waals surface area contributed by atoms with E-state index in [1.165, 1.54) is 18.2 Å². The fourth-order valence-corrected chi connectivity index (χ4v) is 2.34. The van der Waals surface area contributed by atoms with Crippen molar-refractivity contribution < 1.29 is 9.18 Å². The second-order valence-electron chi connectivity index (χ2n) is 4.82. The summed E-state index contributed by atoms with van der Waals surface area (Å²) in [6.45, 7) is 2.18. The summed E-state index contributed by atoms with van der Waals surface area (Å²) in [5.74, 6) is 0.0287. The zero-order chi connectivity index (χ0) is 12.4. The van der Waals surface area contributed by atoms with Crippen molar-refractivity contribution in [3.05, 3.63) is 29.6 Å². The Hall–Kier alpha value is -1.58. The summed E-state index contributed by atoms with van der Waals surface area (Å²) < 4.78 is 12.9. The van der Waals surface area contributed by atoms with Crippen LogP contribution in [-0.4, -0.2) is 11.9 Å². The Morgan fingerprint density at radius 1 is 1.47 bits per heavy atom. The number of nitrogen functional groups attached to an aromatic ring is 1. The van der Waals surface area contributed by atoms with E-state index in [-0.39, 0.29) is 17.6 Å². The van der Waals surface area contributed by atoms with Gasteiger partial charge in [-0.3, -0.25) is 4.79 Å². The van der Waals surface area contributed by atoms with Crippen molar-refractivity contribution in [2.24, 2.45) is 5.92 Å². The highest BCUT2D eigenvalue weighted by Crippen LogP contribution is 2.25. The van der Waals surface area contributed by atoms with Crippen LogP contribution in [-0.2, 0) is 0 Å². The standard InChI is InChI=1S/C13H17FN2O/c1-8-2-4-10(6-8)16-13(17)11-5-3-9(14)7-12(11)15/h3,5,7-8,10H,2,4,6,15H2,1H3,(H,16,17). The van der Waals surface area contributed by atoms with Gasteiger partial charge in [0.25, 0.3) is 5.91 Å². The van der Waals surface area contributed by atoms with Crippen LogP contribution >= 0.6 is 0 Å². The van der Waals surface area contributed by atoms with Gasteiger partial charge in [-0.25, -0.2) is 4.39 Å². The molecule has 3 nitrogen and oxygen atoms in total. The zero-order valence-electron chi connectivity index (χ0n) is 9.87. The van der Waals surface area contributed by atoms with Gasteiger partial charge in [0.05, 0.1) is 5.56 Å². The van der Waals surface area contributed by atoms with E-state index in [1.807, 2.05) is 0 Å². The third kappa shape index (κ3) is 2.75. The van der Waals surface area contributed by atoms with Crippen molar-refractivity contribution in [3.63, 3.8) is 0 Å². The van der Waals surface area contributed by atoms with Crippen LogP contribution in [0.2, 0.25) is 0 Å². The molecule has 1 amide bonds. The molecule has 0 bridgehead atoms. The first-order chi connectivity index (χ1) is 8.06. The molecule has 17 heavy (non-hydrogen) atoms. The molecule has 92 valence electrons. The third-order valence-electron chi connectivity index (χ3n) is 3.29. The molecular weight excluding hydrogens is 219 g/mol. The molecule has 1 aromatic rings. The van der Waals surface area contributed by atoms with Gasteiger partial charge in [0.2, 0.25) is 0 Å². The number of benzene rings is 1. The molecule has 1 fully saturated rings. The number of halogens is 1. The van der Waals surface area contributed by atoms with Crippen molar-refractivity contribution in [1.29, 1.82) is 0 Å². The lowest BCUT2D eigenvalue weighted by molar-refractivity contribution is 0.0938. The number of hydrogen-bond donors (Lipinski definition) is 2. The second kappa shape index (κ2) is 4.73. The first-order valence-corrected chi connectivity index (χ1v) is 5.92. The molecule has 0 saturated heterocycles. The van der Waals surface area contributed by atoms with Crippen molar-refractivity contribution in [2.75, 3.05) is 5.73 Å². The summed E-state index contributed by atoms with van der Waals surface area (Å²) in [5, 5.41) is 2.94. The third-order valence-corrected chi connectivity index (χ3v) is 3.29. The summed E-state index contributed by atoms with van der Waals surface area (Å²) in [6, 6.07) is 4.08. The topological polar surface area (TPSA) is 55.1 Å². The highest BCUT2D eigenvalue weighted by atomic mass is 19.1. The van der Waals surface area contributed by atoms with Gasteiger partial charge in [0.15, 0.2) is 0 Å². The van der Waals surface area contributed by atoms with E-state index in [0.717, 1.165) is 19.3 Å². The van der Waals surface area contributed by atoms with Gasteiger partial charge in [-0.1, -0.05) is 6.92 Å². The smallest absolute Gasteiger partial charge is 0.253 e. The minimum absolute atomic E-state index is 0.188. The van der Waals surface area contributed by atoms with Crippen LogP contribution in [0.1, 0.15) is 36.5 Å². The van der Waals surface area contributed by atoms with Crippen molar-refractivity contribution >= 4 is 11.6 Å². The monoisotopic (exact) mass is 236 g/mol. The fourth-order valence-electron chi connectivity index (χ4n) is 2.34. The lowest BCUT2D eigenvalue weighted by Gasteiger charge is -2.13. The second-order valence-corrected chi connectivity index (χ2v) is 4.82. The van der Waals surface area contributed by atoms with Crippen molar-refractivity contribution in [2.45, 2.75) is 32.2 Å². The number of nitrogens with two attached hydrogens (primary N) is 1. The quantitative estimate of drug-likeness (QED) is 0.774.